The van der Waals surface area contributed by atoms with Gasteiger partial charge in [0.2, 0.25) is 0 Å². The van der Waals surface area contributed by atoms with Crippen LogP contribution in [0.2, 0.25) is 0 Å². The molecule has 2 rings (SSSR count). The topological polar surface area (TPSA) is 108 Å². The zero-order chi connectivity index (χ0) is 19.8. The van der Waals surface area contributed by atoms with Crippen molar-refractivity contribution in [3.8, 4) is 11.1 Å². The molecule has 0 aliphatic carbocycles. The highest BCUT2D eigenvalue weighted by molar-refractivity contribution is 6.03. The van der Waals surface area contributed by atoms with Gasteiger partial charge in [-0.05, 0) is 35.7 Å². The van der Waals surface area contributed by atoms with E-state index in [1.165, 1.54) is 14.2 Å². The Morgan fingerprint density at radius 3 is 2.37 bits per heavy atom. The maximum atomic E-state index is 12.8. The van der Waals surface area contributed by atoms with Gasteiger partial charge < -0.3 is 20.5 Å². The zero-order valence-corrected chi connectivity index (χ0v) is 15.2. The number of esters is 2. The van der Waals surface area contributed by atoms with Crippen LogP contribution in [0.3, 0.4) is 0 Å². The molecule has 142 valence electrons. The van der Waals surface area contributed by atoms with Gasteiger partial charge >= 0.3 is 11.9 Å². The maximum absolute atomic E-state index is 12.8. The normalized spacial score (nSPS) is 11.3. The van der Waals surface area contributed by atoms with Gasteiger partial charge in [0.1, 0.15) is 6.04 Å². The first kappa shape index (κ1) is 20.0. The third-order valence-corrected chi connectivity index (χ3v) is 4.03. The van der Waals surface area contributed by atoms with Crippen molar-refractivity contribution in [1.82, 2.24) is 5.32 Å². The second-order valence-corrected chi connectivity index (χ2v) is 5.84. The van der Waals surface area contributed by atoms with Crippen LogP contribution in [0, 0.1) is 0 Å². The molecule has 0 saturated carbocycles. The molecule has 0 aliphatic heterocycles. The molecule has 0 bridgehead atoms. The summed E-state index contributed by atoms with van der Waals surface area (Å²) in [6.45, 7) is 0. The summed E-state index contributed by atoms with van der Waals surface area (Å²) in [5.74, 6) is -1.58. The SMILES string of the molecule is COC(=O)CC[C@@H](NC(=O)c1ccc(N)cc1-c1ccccc1)C(=O)OC. The zero-order valence-electron chi connectivity index (χ0n) is 15.2. The fourth-order valence-corrected chi connectivity index (χ4v) is 2.61. The summed E-state index contributed by atoms with van der Waals surface area (Å²) < 4.78 is 9.30. The second kappa shape index (κ2) is 9.38. The Balaban J connectivity index is 2.27. The first-order chi connectivity index (χ1) is 13.0. The average Bonchev–Trinajstić information content (AvgIpc) is 2.70. The van der Waals surface area contributed by atoms with Gasteiger partial charge in [-0.25, -0.2) is 4.79 Å². The van der Waals surface area contributed by atoms with Crippen LogP contribution in [-0.4, -0.2) is 38.1 Å². The number of nitrogens with one attached hydrogen (secondary N) is 1. The number of carbonyl (C=O) groups is 3. The van der Waals surface area contributed by atoms with Crippen molar-refractivity contribution >= 4 is 23.5 Å². The largest absolute Gasteiger partial charge is 0.469 e. The van der Waals surface area contributed by atoms with Crippen LogP contribution in [0.4, 0.5) is 5.69 Å². The summed E-state index contributed by atoms with van der Waals surface area (Å²) in [5.41, 5.74) is 8.21. The van der Waals surface area contributed by atoms with Crippen molar-refractivity contribution in [2.45, 2.75) is 18.9 Å². The molecule has 2 aromatic carbocycles. The summed E-state index contributed by atoms with van der Waals surface area (Å²) >= 11 is 0. The van der Waals surface area contributed by atoms with Crippen molar-refractivity contribution in [3.05, 3.63) is 54.1 Å². The number of hydrogen-bond acceptors (Lipinski definition) is 6. The average molecular weight is 370 g/mol. The molecule has 7 heteroatoms. The molecule has 1 amide bonds. The Kier molecular flexibility index (Phi) is 6.93. The van der Waals surface area contributed by atoms with Gasteiger partial charge in [0.15, 0.2) is 0 Å². The van der Waals surface area contributed by atoms with Gasteiger partial charge in [-0.15, -0.1) is 0 Å². The number of methoxy groups -OCH3 is 2. The number of benzene rings is 2. The van der Waals surface area contributed by atoms with Gasteiger partial charge in [0.05, 0.1) is 14.2 Å². The van der Waals surface area contributed by atoms with Crippen molar-refractivity contribution in [1.29, 1.82) is 0 Å². The monoisotopic (exact) mass is 370 g/mol. The summed E-state index contributed by atoms with van der Waals surface area (Å²) in [5, 5.41) is 2.63. The standard InChI is InChI=1S/C20H22N2O5/c1-26-18(23)11-10-17(20(25)27-2)22-19(24)15-9-8-14(21)12-16(15)13-6-4-3-5-7-13/h3-9,12,17H,10-11,21H2,1-2H3,(H,22,24)/t17-/m1/s1. The maximum Gasteiger partial charge on any atom is 0.328 e. The van der Waals surface area contributed by atoms with Crippen LogP contribution in [0.1, 0.15) is 23.2 Å². The van der Waals surface area contributed by atoms with Gasteiger partial charge in [-0.1, -0.05) is 30.3 Å². The second-order valence-electron chi connectivity index (χ2n) is 5.84. The summed E-state index contributed by atoms with van der Waals surface area (Å²) in [7, 11) is 2.48. The highest BCUT2D eigenvalue weighted by atomic mass is 16.5. The molecule has 3 N–H and O–H groups in total. The third kappa shape index (κ3) is 5.31. The molecule has 1 atom stereocenters. The van der Waals surface area contributed by atoms with E-state index in [2.05, 4.69) is 10.1 Å². The molecule has 0 aromatic heterocycles. The predicted octanol–water partition coefficient (Wildman–Crippen LogP) is 2.16. The molecule has 0 aliphatic rings. The number of ether oxygens (including phenoxy) is 2. The Bertz CT molecular complexity index is 820. The number of amides is 1. The van der Waals surface area contributed by atoms with Crippen LogP contribution in [0.5, 0.6) is 0 Å². The van der Waals surface area contributed by atoms with E-state index in [1.54, 1.807) is 18.2 Å². The molecular formula is C20H22N2O5. The van der Waals surface area contributed by atoms with E-state index in [1.807, 2.05) is 30.3 Å². The van der Waals surface area contributed by atoms with Gasteiger partial charge in [0.25, 0.3) is 5.91 Å². The van der Waals surface area contributed by atoms with E-state index in [4.69, 9.17) is 10.5 Å². The van der Waals surface area contributed by atoms with Crippen LogP contribution in [0.25, 0.3) is 11.1 Å². The molecule has 2 aromatic rings. The number of carbonyl (C=O) groups excluding carboxylic acids is 3. The Labute approximate surface area is 157 Å². The molecule has 0 heterocycles. The Morgan fingerprint density at radius 2 is 1.74 bits per heavy atom. The van der Waals surface area contributed by atoms with Gasteiger partial charge in [0, 0.05) is 17.7 Å². The lowest BCUT2D eigenvalue weighted by Gasteiger charge is -2.17. The number of nitrogens with two attached hydrogens (primary N) is 1. The number of anilines is 1. The van der Waals surface area contributed by atoms with Crippen molar-refractivity contribution < 1.29 is 23.9 Å². The number of hydrogen-bond donors (Lipinski definition) is 2. The minimum absolute atomic E-state index is 0.0240. The van der Waals surface area contributed by atoms with E-state index in [9.17, 15) is 14.4 Å². The molecule has 27 heavy (non-hydrogen) atoms. The minimum atomic E-state index is -0.970. The molecule has 0 unspecified atom stereocenters. The first-order valence-electron chi connectivity index (χ1n) is 8.36. The lowest BCUT2D eigenvalue weighted by Crippen LogP contribution is -2.42. The predicted molar refractivity (Wildman–Crippen MR) is 101 cm³/mol. The van der Waals surface area contributed by atoms with Gasteiger partial charge in [-0.2, -0.15) is 0 Å². The highest BCUT2D eigenvalue weighted by Gasteiger charge is 2.24. The van der Waals surface area contributed by atoms with E-state index in [-0.39, 0.29) is 12.8 Å². The minimum Gasteiger partial charge on any atom is -0.469 e. The fourth-order valence-electron chi connectivity index (χ4n) is 2.61. The molecule has 0 spiro atoms. The molecule has 0 saturated heterocycles. The number of nitrogen functional groups attached to an aromatic ring is 1. The summed E-state index contributed by atoms with van der Waals surface area (Å²) in [6.07, 6.45) is 0.0462. The van der Waals surface area contributed by atoms with E-state index >= 15 is 0 Å². The van der Waals surface area contributed by atoms with E-state index in [0.717, 1.165) is 5.56 Å². The lowest BCUT2D eigenvalue weighted by molar-refractivity contribution is -0.144. The summed E-state index contributed by atoms with van der Waals surface area (Å²) in [4.78, 5) is 36.2. The Morgan fingerprint density at radius 1 is 1.04 bits per heavy atom. The third-order valence-electron chi connectivity index (χ3n) is 4.03. The van der Waals surface area contributed by atoms with E-state index < -0.39 is 23.9 Å². The number of rotatable bonds is 7. The Hall–Kier alpha value is -3.35. The van der Waals surface area contributed by atoms with Crippen LogP contribution < -0.4 is 11.1 Å². The highest BCUT2D eigenvalue weighted by Crippen LogP contribution is 2.26. The van der Waals surface area contributed by atoms with Crippen molar-refractivity contribution in [3.63, 3.8) is 0 Å². The fraction of sp³-hybridized carbons (Fsp3) is 0.250. The van der Waals surface area contributed by atoms with Crippen molar-refractivity contribution in [2.24, 2.45) is 0 Å². The van der Waals surface area contributed by atoms with Crippen LogP contribution >= 0.6 is 0 Å². The smallest absolute Gasteiger partial charge is 0.328 e. The van der Waals surface area contributed by atoms with Crippen molar-refractivity contribution in [2.75, 3.05) is 20.0 Å². The van der Waals surface area contributed by atoms with Gasteiger partial charge in [-0.3, -0.25) is 9.59 Å². The lowest BCUT2D eigenvalue weighted by atomic mass is 9.98. The quantitative estimate of drug-likeness (QED) is 0.571. The van der Waals surface area contributed by atoms with E-state index in [0.29, 0.717) is 16.8 Å². The molecular weight excluding hydrogens is 348 g/mol. The molecule has 7 nitrogen and oxygen atoms in total. The molecule has 0 radical (unpaired) electrons. The molecule has 0 fully saturated rings. The van der Waals surface area contributed by atoms with Crippen LogP contribution in [-0.2, 0) is 19.1 Å². The first-order valence-corrected chi connectivity index (χ1v) is 8.36. The van der Waals surface area contributed by atoms with Crippen LogP contribution in [0.15, 0.2) is 48.5 Å². The summed E-state index contributed by atoms with van der Waals surface area (Å²) in [6, 6.07) is 13.2.